The normalized spacial score (nSPS) is 16.2. The van der Waals surface area contributed by atoms with E-state index in [1.165, 1.54) is 34.6 Å². The highest BCUT2D eigenvalue weighted by molar-refractivity contribution is 5.98. The van der Waals surface area contributed by atoms with Crippen molar-refractivity contribution in [2.45, 2.75) is 159 Å². The van der Waals surface area contributed by atoms with E-state index in [4.69, 9.17) is 0 Å². The first-order chi connectivity index (χ1) is 39.6. The molecule has 0 saturated heterocycles. The molecule has 0 bridgehead atoms. The van der Waals surface area contributed by atoms with Crippen molar-refractivity contribution in [3.63, 3.8) is 0 Å². The van der Waals surface area contributed by atoms with Crippen LogP contribution in [0.4, 0.5) is 0 Å². The lowest BCUT2D eigenvalue weighted by atomic mass is 10.1. The van der Waals surface area contributed by atoms with Gasteiger partial charge in [-0.05, 0) is 47.5 Å². The summed E-state index contributed by atoms with van der Waals surface area (Å²) in [5.41, 5.74) is 0. The smallest absolute Gasteiger partial charge is 0.343 e. The van der Waals surface area contributed by atoms with E-state index in [0.29, 0.717) is 12.6 Å². The molecule has 0 saturated carbocycles. The molecule has 0 aliphatic heterocycles. The lowest BCUT2D eigenvalue weighted by molar-refractivity contribution is -0.147. The molecule has 0 aliphatic carbocycles. The molecule has 18 N–H and O–H groups in total. The Morgan fingerprint density at radius 2 is 0.619 bits per heavy atom. The largest absolute Gasteiger partial charge is 0.481 e. The Hall–Kier alpha value is -8.79. The predicted octanol–water partition coefficient (Wildman–Crippen LogP) is -11.6. The molecule has 8 amide bonds. The van der Waals surface area contributed by atoms with Crippen LogP contribution in [-0.2, 0) is 95.8 Å². The summed E-state index contributed by atoms with van der Waals surface area (Å²) in [6.07, 6.45) is -16.8. The van der Waals surface area contributed by atoms with Gasteiger partial charge in [-0.25, -0.2) is 4.79 Å². The number of carbonyl (C=O) groups excluding carboxylic acids is 17. The maximum absolute atomic E-state index is 14.2. The van der Waals surface area contributed by atoms with Gasteiger partial charge in [-0.15, -0.1) is 0 Å². The summed E-state index contributed by atoms with van der Waals surface area (Å²) in [5.74, 6) is -14.6. The monoisotopic (exact) mass is 1200 g/mol. The number of esters is 1. The van der Waals surface area contributed by atoms with Crippen LogP contribution in [0.15, 0.2) is 0 Å². The highest BCUT2D eigenvalue weighted by atomic mass is 16.5. The Morgan fingerprint density at radius 3 is 0.845 bits per heavy atom. The van der Waals surface area contributed by atoms with E-state index in [1.54, 1.807) is 0 Å². The summed E-state index contributed by atoms with van der Waals surface area (Å²) < 4.78 is 4.64. The van der Waals surface area contributed by atoms with Crippen LogP contribution in [-0.4, -0.2) is 231 Å². The van der Waals surface area contributed by atoms with Crippen LogP contribution >= 0.6 is 0 Å². The van der Waals surface area contributed by atoms with Gasteiger partial charge in [0.05, 0.1) is 55.9 Å². The minimum Gasteiger partial charge on any atom is -0.481 e. The number of amides is 8. The topological polar surface area (TPSA) is 566 Å². The number of nitrogens with one attached hydrogen (secondary N) is 16. The number of carboxylic acids is 2. The number of rotatable bonds is 46. The van der Waals surface area contributed by atoms with Crippen LogP contribution in [0.1, 0.15) is 67.2 Å². The van der Waals surface area contributed by atoms with Crippen LogP contribution in [0.2, 0.25) is 0 Å². The highest BCUT2D eigenvalue weighted by Gasteiger charge is 2.37. The molecule has 0 spiro atoms. The fourth-order valence-electron chi connectivity index (χ4n) is 6.42. The second kappa shape index (κ2) is 40.4. The van der Waals surface area contributed by atoms with Crippen LogP contribution in [0, 0.1) is 0 Å². The fraction of sp³-hybridized carbons (Fsp3) is 0.587. The van der Waals surface area contributed by atoms with Crippen molar-refractivity contribution in [3.05, 3.63) is 0 Å². The Morgan fingerprint density at radius 1 is 0.369 bits per heavy atom. The average Bonchev–Trinajstić information content (AvgIpc) is 3.55. The lowest BCUT2D eigenvalue weighted by Crippen LogP contribution is -2.70. The summed E-state index contributed by atoms with van der Waals surface area (Å²) in [6, 6.07) is -9.55. The summed E-state index contributed by atoms with van der Waals surface area (Å²) in [6.45, 7) is 6.42. The highest BCUT2D eigenvalue weighted by Crippen LogP contribution is 2.02. The SMILES string of the molecule is COC(=O)[C@H](NC(=O)[C@@H](NC(=O)[C@H](NC(=O)[C@@H](NC(=O)[C@H](NC(=O)[C@@H](NC(=O)[C@H](NC(=O)[C@H](NCC=O)NC(C)=O)N[C@@H](C=O)CCC(=O)O)N[C@@H](C)C=O)N[C@@H](C)C=O)N[C@@H](C)C=O)N[C@@H](C)C=O)N[C@@H](C=O)CCC(=O)O)N[C@@H](C)C=O. The molecule has 0 aliphatic rings. The Bertz CT molecular complexity index is 2350. The number of aldehydes is 8. The summed E-state index contributed by atoms with van der Waals surface area (Å²) in [5, 5.41) is 54.5. The zero-order chi connectivity index (χ0) is 64.2. The van der Waals surface area contributed by atoms with E-state index >= 15 is 0 Å². The van der Waals surface area contributed by atoms with Gasteiger partial charge in [-0.1, -0.05) is 0 Å². The number of carbonyl (C=O) groups is 19. The fourth-order valence-corrected chi connectivity index (χ4v) is 6.42. The Kier molecular flexibility index (Phi) is 36.2. The van der Waals surface area contributed by atoms with Crippen LogP contribution < -0.4 is 85.1 Å². The standard InChI is InChI=1S/C46H72N16O22/c1-21(14-64)48-32(57-42(79)34(50-23(3)16-66)59-44(81)36(54-27(19-69)8-10-29(72)73)60-39(76)31(47-12-13-63)53-26(6)71)40(77)56-33(49-22(2)15-65)41(78)58-35(51-24(4)17-67)43(80)61-37(55-28(20-70)9-11-30(74)75)45(82)62-38(46(83)84-7)52-25(5)18-68/h13-25,27-28,31-38,47-52,54-55H,8-12H2,1-7H3,(H,53,71)(H,56,77)(H,57,79)(H,58,78)(H,59,81)(H,60,76)(H,61,80)(H,62,82)(H,72,73)(H,74,75)/t21-,22-,23-,24-,25-,27+,28+,31+,32-,33+,34+,35-,36-,37+,38-/m0/s1. The van der Waals surface area contributed by atoms with Crippen molar-refractivity contribution in [3.8, 4) is 0 Å². The van der Waals surface area contributed by atoms with Gasteiger partial charge in [0.15, 0.2) is 49.3 Å². The van der Waals surface area contributed by atoms with Crippen LogP contribution in [0.5, 0.6) is 0 Å². The molecule has 15 atom stereocenters. The van der Waals surface area contributed by atoms with Gasteiger partial charge >= 0.3 is 17.9 Å². The first-order valence-electron chi connectivity index (χ1n) is 25.1. The molecule has 38 heteroatoms. The molecule has 0 aromatic heterocycles. The maximum Gasteiger partial charge on any atom is 0.343 e. The first-order valence-corrected chi connectivity index (χ1v) is 25.1. The molecule has 0 fully saturated rings. The zero-order valence-corrected chi connectivity index (χ0v) is 46.4. The van der Waals surface area contributed by atoms with E-state index in [-0.39, 0.29) is 37.7 Å². The number of hydrogen-bond acceptors (Lipinski definition) is 28. The summed E-state index contributed by atoms with van der Waals surface area (Å²) in [4.78, 5) is 239. The molecule has 0 rings (SSSR count). The Labute approximate surface area is 478 Å². The number of ether oxygens (including phenoxy) is 1. The van der Waals surface area contributed by atoms with Gasteiger partial charge < -0.3 is 95.8 Å². The predicted molar refractivity (Wildman–Crippen MR) is 280 cm³/mol. The van der Waals surface area contributed by atoms with Crippen molar-refractivity contribution in [2.75, 3.05) is 13.7 Å². The van der Waals surface area contributed by atoms with E-state index in [9.17, 15) is 101 Å². The van der Waals surface area contributed by atoms with Gasteiger partial charge in [0.25, 0.3) is 41.4 Å². The summed E-state index contributed by atoms with van der Waals surface area (Å²) in [7, 11) is 0.915. The van der Waals surface area contributed by atoms with E-state index in [0.717, 1.165) is 14.0 Å². The van der Waals surface area contributed by atoms with Crippen LogP contribution in [0.25, 0.3) is 0 Å². The number of carboxylic acid groups (broad SMARTS) is 2. The van der Waals surface area contributed by atoms with Crippen molar-refractivity contribution in [1.29, 1.82) is 0 Å². The van der Waals surface area contributed by atoms with E-state index in [1.807, 2.05) is 0 Å². The molecule has 84 heavy (non-hydrogen) atoms. The maximum atomic E-state index is 14.2. The minimum atomic E-state index is -2.18. The van der Waals surface area contributed by atoms with Crippen molar-refractivity contribution in [2.24, 2.45) is 0 Å². The molecule has 0 aromatic carbocycles. The molecule has 0 unspecified atom stereocenters. The molecule has 468 valence electrons. The molecule has 0 aromatic rings. The van der Waals surface area contributed by atoms with Gasteiger partial charge in [-0.3, -0.25) is 90.5 Å². The third-order valence-electron chi connectivity index (χ3n) is 10.6. The number of hydrogen-bond donors (Lipinski definition) is 18. The molecule has 38 nitrogen and oxygen atoms in total. The molecular formula is C46H72N16O22. The average molecular weight is 1200 g/mol. The van der Waals surface area contributed by atoms with Crippen LogP contribution in [0.3, 0.4) is 0 Å². The van der Waals surface area contributed by atoms with E-state index in [2.05, 4.69) is 89.8 Å². The molecular weight excluding hydrogens is 1130 g/mol. The number of aliphatic carboxylic acids is 2. The van der Waals surface area contributed by atoms with Crippen molar-refractivity contribution in [1.82, 2.24) is 85.1 Å². The zero-order valence-electron chi connectivity index (χ0n) is 46.4. The second-order valence-electron chi connectivity index (χ2n) is 18.0. The third-order valence-corrected chi connectivity index (χ3v) is 10.6. The molecule has 0 radical (unpaired) electrons. The van der Waals surface area contributed by atoms with Gasteiger partial charge in [0.1, 0.15) is 50.3 Å². The van der Waals surface area contributed by atoms with Gasteiger partial charge in [0, 0.05) is 19.8 Å². The Balaban J connectivity index is 7.45. The van der Waals surface area contributed by atoms with Gasteiger partial charge in [-0.2, -0.15) is 0 Å². The quantitative estimate of drug-likeness (QED) is 0.0153. The summed E-state index contributed by atoms with van der Waals surface area (Å²) >= 11 is 0. The third kappa shape index (κ3) is 29.8. The van der Waals surface area contributed by atoms with Crippen molar-refractivity contribution < 1.29 is 106 Å². The molecule has 0 heterocycles. The number of methoxy groups -OCH3 is 1. The van der Waals surface area contributed by atoms with Gasteiger partial charge in [0.2, 0.25) is 5.91 Å². The minimum absolute atomic E-state index is 0.165. The van der Waals surface area contributed by atoms with Crippen molar-refractivity contribution >= 4 is 115 Å². The lowest BCUT2D eigenvalue weighted by Gasteiger charge is -2.31. The van der Waals surface area contributed by atoms with E-state index < -0.39 is 189 Å². The second-order valence-corrected chi connectivity index (χ2v) is 18.0. The first kappa shape index (κ1) is 75.2.